The quantitative estimate of drug-likeness (QED) is 0.792. The van der Waals surface area contributed by atoms with Crippen LogP contribution in [0.15, 0.2) is 17.5 Å². The fraction of sp³-hybridized carbons (Fsp3) is 0.632. The predicted octanol–water partition coefficient (Wildman–Crippen LogP) is 3.35. The van der Waals surface area contributed by atoms with E-state index in [1.807, 2.05) is 11.3 Å². The molecule has 5 heterocycles. The molecule has 0 radical (unpaired) electrons. The van der Waals surface area contributed by atoms with Crippen molar-refractivity contribution in [3.05, 3.63) is 39.3 Å². The highest BCUT2D eigenvalue weighted by molar-refractivity contribution is 7.10. The van der Waals surface area contributed by atoms with E-state index in [4.69, 9.17) is 9.84 Å². The number of likely N-dealkylation sites (tertiary alicyclic amines) is 1. The Labute approximate surface area is 177 Å². The molecule has 0 aliphatic carbocycles. The lowest BCUT2D eigenvalue weighted by molar-refractivity contribution is -0.0962. The minimum Gasteiger partial charge on any atom is -0.369 e. The number of halogens is 2. The smallest absolute Gasteiger partial charge is 0.105 e. The van der Waals surface area contributed by atoms with Gasteiger partial charge in [0.15, 0.2) is 0 Å². The summed E-state index contributed by atoms with van der Waals surface area (Å²) in [5.74, 6) is 0. The number of nitrogens with zero attached hydrogens (tertiary/aromatic N) is 3. The maximum absolute atomic E-state index is 6.33. The molecule has 2 aromatic rings. The summed E-state index contributed by atoms with van der Waals surface area (Å²) in [6.45, 7) is 7.12. The SMILES string of the molecule is Cl.Cl.c1cc2c(s1)C1(CCN(Cc3cc4n(n3)CCCNC4)CC1)OCC2. The van der Waals surface area contributed by atoms with Crippen LogP contribution in [-0.4, -0.2) is 40.9 Å². The van der Waals surface area contributed by atoms with Crippen molar-refractivity contribution in [1.82, 2.24) is 20.0 Å². The van der Waals surface area contributed by atoms with E-state index in [1.54, 1.807) is 0 Å². The Morgan fingerprint density at radius 2 is 2.07 bits per heavy atom. The molecule has 1 fully saturated rings. The van der Waals surface area contributed by atoms with Crippen LogP contribution in [0, 0.1) is 0 Å². The highest BCUT2D eigenvalue weighted by Crippen LogP contribution is 2.44. The Morgan fingerprint density at radius 1 is 1.22 bits per heavy atom. The molecule has 150 valence electrons. The summed E-state index contributed by atoms with van der Waals surface area (Å²) >= 11 is 1.89. The van der Waals surface area contributed by atoms with Gasteiger partial charge in [0.25, 0.3) is 0 Å². The monoisotopic (exact) mass is 430 g/mol. The first kappa shape index (κ1) is 21.1. The molecule has 1 saturated heterocycles. The average Bonchev–Trinajstić information content (AvgIpc) is 3.20. The summed E-state index contributed by atoms with van der Waals surface area (Å²) in [5.41, 5.74) is 4.07. The third-order valence-corrected chi connectivity index (χ3v) is 7.05. The van der Waals surface area contributed by atoms with Gasteiger partial charge in [-0.3, -0.25) is 9.58 Å². The molecule has 5 rings (SSSR count). The number of thiophene rings is 1. The van der Waals surface area contributed by atoms with Crippen LogP contribution in [0.3, 0.4) is 0 Å². The number of fused-ring (bicyclic) bond motifs is 3. The lowest BCUT2D eigenvalue weighted by atomic mass is 9.85. The molecule has 0 unspecified atom stereocenters. The summed E-state index contributed by atoms with van der Waals surface area (Å²) < 4.78 is 8.52. The molecule has 0 saturated carbocycles. The molecule has 8 heteroatoms. The maximum Gasteiger partial charge on any atom is 0.105 e. The number of rotatable bonds is 2. The van der Waals surface area contributed by atoms with Crippen molar-refractivity contribution in [2.24, 2.45) is 0 Å². The van der Waals surface area contributed by atoms with Gasteiger partial charge in [0.05, 0.1) is 18.0 Å². The van der Waals surface area contributed by atoms with E-state index in [1.165, 1.54) is 28.2 Å². The highest BCUT2D eigenvalue weighted by atomic mass is 35.5. The van der Waals surface area contributed by atoms with Crippen LogP contribution in [0.5, 0.6) is 0 Å². The summed E-state index contributed by atoms with van der Waals surface area (Å²) in [5, 5.41) is 10.6. The number of aryl methyl sites for hydroxylation is 1. The maximum atomic E-state index is 6.33. The molecule has 1 spiro atoms. The molecule has 2 aromatic heterocycles. The molecule has 5 nitrogen and oxygen atoms in total. The number of ether oxygens (including phenoxy) is 1. The van der Waals surface area contributed by atoms with Crippen LogP contribution in [0.4, 0.5) is 0 Å². The molecule has 3 aliphatic rings. The van der Waals surface area contributed by atoms with Crippen LogP contribution >= 0.6 is 36.2 Å². The Bertz CT molecular complexity index is 731. The van der Waals surface area contributed by atoms with Crippen molar-refractivity contribution in [3.63, 3.8) is 0 Å². The van der Waals surface area contributed by atoms with Crippen LogP contribution in [0.2, 0.25) is 0 Å². The van der Waals surface area contributed by atoms with E-state index in [-0.39, 0.29) is 30.4 Å². The largest absolute Gasteiger partial charge is 0.369 e. The van der Waals surface area contributed by atoms with Gasteiger partial charge >= 0.3 is 0 Å². The van der Waals surface area contributed by atoms with Crippen molar-refractivity contribution in [2.75, 3.05) is 26.2 Å². The van der Waals surface area contributed by atoms with E-state index in [2.05, 4.69) is 32.4 Å². The number of aromatic nitrogens is 2. The van der Waals surface area contributed by atoms with Gasteiger partial charge < -0.3 is 10.1 Å². The number of hydrogen-bond acceptors (Lipinski definition) is 5. The second kappa shape index (κ2) is 8.80. The topological polar surface area (TPSA) is 42.3 Å². The Balaban J connectivity index is 0.00000105. The van der Waals surface area contributed by atoms with Crippen LogP contribution in [0.1, 0.15) is 41.1 Å². The molecule has 27 heavy (non-hydrogen) atoms. The van der Waals surface area contributed by atoms with Gasteiger partial charge in [-0.25, -0.2) is 0 Å². The third-order valence-electron chi connectivity index (χ3n) is 5.90. The second-order valence-corrected chi connectivity index (χ2v) is 8.44. The van der Waals surface area contributed by atoms with Crippen LogP contribution in [-0.2, 0) is 36.4 Å². The zero-order valence-corrected chi connectivity index (χ0v) is 17.9. The summed E-state index contributed by atoms with van der Waals surface area (Å²) in [6.07, 6.45) is 4.46. The van der Waals surface area contributed by atoms with Crippen molar-refractivity contribution in [1.29, 1.82) is 0 Å². The van der Waals surface area contributed by atoms with Crippen LogP contribution < -0.4 is 5.32 Å². The third kappa shape index (κ3) is 4.07. The summed E-state index contributed by atoms with van der Waals surface area (Å²) in [6, 6.07) is 4.58. The Morgan fingerprint density at radius 3 is 2.93 bits per heavy atom. The fourth-order valence-electron chi connectivity index (χ4n) is 4.53. The van der Waals surface area contributed by atoms with E-state index in [0.717, 1.165) is 65.1 Å². The van der Waals surface area contributed by atoms with Crippen molar-refractivity contribution >= 4 is 36.2 Å². The fourth-order valence-corrected chi connectivity index (χ4v) is 5.69. The molecule has 0 aromatic carbocycles. The van der Waals surface area contributed by atoms with E-state index >= 15 is 0 Å². The number of piperidine rings is 1. The molecule has 0 bridgehead atoms. The second-order valence-electron chi connectivity index (χ2n) is 7.52. The first-order valence-electron chi connectivity index (χ1n) is 9.52. The van der Waals surface area contributed by atoms with E-state index in [0.29, 0.717) is 0 Å². The zero-order chi connectivity index (χ0) is 16.7. The minimum absolute atomic E-state index is 0. The van der Waals surface area contributed by atoms with Crippen LogP contribution in [0.25, 0.3) is 0 Å². The summed E-state index contributed by atoms with van der Waals surface area (Å²) in [7, 11) is 0. The zero-order valence-electron chi connectivity index (χ0n) is 15.5. The first-order chi connectivity index (χ1) is 12.3. The lowest BCUT2D eigenvalue weighted by Crippen LogP contribution is -2.45. The molecule has 3 aliphatic heterocycles. The van der Waals surface area contributed by atoms with Gasteiger partial charge in [0.1, 0.15) is 5.60 Å². The Kier molecular flexibility index (Phi) is 6.88. The molecule has 1 N–H and O–H groups in total. The van der Waals surface area contributed by atoms with E-state index < -0.39 is 0 Å². The van der Waals surface area contributed by atoms with Crippen molar-refractivity contribution in [2.45, 2.75) is 50.9 Å². The highest BCUT2D eigenvalue weighted by Gasteiger charge is 2.41. The van der Waals surface area contributed by atoms with Gasteiger partial charge in [-0.15, -0.1) is 36.2 Å². The molecular formula is C19H28Cl2N4OS. The van der Waals surface area contributed by atoms with Gasteiger partial charge in [-0.2, -0.15) is 5.10 Å². The molecule has 0 atom stereocenters. The number of nitrogens with one attached hydrogen (secondary N) is 1. The predicted molar refractivity (Wildman–Crippen MR) is 113 cm³/mol. The minimum atomic E-state index is -0.00642. The normalized spacial score (nSPS) is 21.5. The average molecular weight is 431 g/mol. The first-order valence-corrected chi connectivity index (χ1v) is 10.4. The van der Waals surface area contributed by atoms with Gasteiger partial charge in [-0.1, -0.05) is 0 Å². The van der Waals surface area contributed by atoms with E-state index in [9.17, 15) is 0 Å². The van der Waals surface area contributed by atoms with Gasteiger partial charge in [0, 0.05) is 37.6 Å². The van der Waals surface area contributed by atoms with Crippen molar-refractivity contribution < 1.29 is 4.74 Å². The summed E-state index contributed by atoms with van der Waals surface area (Å²) in [4.78, 5) is 4.05. The van der Waals surface area contributed by atoms with Gasteiger partial charge in [0.2, 0.25) is 0 Å². The molecular weight excluding hydrogens is 403 g/mol. The molecule has 0 amide bonds. The van der Waals surface area contributed by atoms with Crippen molar-refractivity contribution in [3.8, 4) is 0 Å². The number of hydrogen-bond donors (Lipinski definition) is 1. The standard InChI is InChI=1S/C19H26N4OS.2ClH/c1-6-20-13-17-12-16(21-23(17)7-1)14-22-8-4-19(5-9-22)18-15(2-10-24-19)3-11-25-18;;/h3,11-12,20H,1-2,4-10,13-14H2;2*1H. The van der Waals surface area contributed by atoms with Gasteiger partial charge in [-0.05, 0) is 55.3 Å². The Hall–Kier alpha value is -0.630. The lowest BCUT2D eigenvalue weighted by Gasteiger charge is -2.43.